The van der Waals surface area contributed by atoms with Crippen molar-refractivity contribution in [2.24, 2.45) is 0 Å². The Morgan fingerprint density at radius 1 is 1.21 bits per heavy atom. The zero-order valence-electron chi connectivity index (χ0n) is 13.5. The van der Waals surface area contributed by atoms with Crippen LogP contribution in [0, 0.1) is 0 Å². The number of piperazine rings is 1. The van der Waals surface area contributed by atoms with Gasteiger partial charge in [0.25, 0.3) is 0 Å². The molecule has 0 unspecified atom stereocenters. The highest BCUT2D eigenvalue weighted by Crippen LogP contribution is 2.42. The summed E-state index contributed by atoms with van der Waals surface area (Å²) in [5.41, 5.74) is 7.92. The van der Waals surface area contributed by atoms with Crippen molar-refractivity contribution in [2.75, 3.05) is 36.8 Å². The summed E-state index contributed by atoms with van der Waals surface area (Å²) in [6.07, 6.45) is 3.84. The Labute approximate surface area is 141 Å². The minimum Gasteiger partial charge on any atom is -0.383 e. The van der Waals surface area contributed by atoms with E-state index < -0.39 is 0 Å². The van der Waals surface area contributed by atoms with E-state index in [1.165, 1.54) is 0 Å². The molecule has 2 fully saturated rings. The van der Waals surface area contributed by atoms with Gasteiger partial charge >= 0.3 is 0 Å². The summed E-state index contributed by atoms with van der Waals surface area (Å²) < 4.78 is 0. The topological polar surface area (TPSA) is 84.1 Å². The molecule has 0 amide bonds. The molecule has 124 valence electrons. The predicted molar refractivity (Wildman–Crippen MR) is 93.4 cm³/mol. The average molecular weight is 323 g/mol. The Bertz CT molecular complexity index is 766. The lowest BCUT2D eigenvalue weighted by atomic mass is 10.0. The Morgan fingerprint density at radius 2 is 2.00 bits per heavy atom. The van der Waals surface area contributed by atoms with Gasteiger partial charge in [0.2, 0.25) is 5.78 Å². The summed E-state index contributed by atoms with van der Waals surface area (Å²) in [6.45, 7) is 3.67. The first kappa shape index (κ1) is 15.1. The maximum Gasteiger partial charge on any atom is 0.215 e. The highest BCUT2D eigenvalue weighted by atomic mass is 16.1. The molecule has 0 radical (unpaired) electrons. The van der Waals surface area contributed by atoms with E-state index in [0.29, 0.717) is 17.2 Å². The van der Waals surface area contributed by atoms with Crippen LogP contribution in [0.15, 0.2) is 30.5 Å². The fourth-order valence-electron chi connectivity index (χ4n) is 3.17. The molecule has 1 saturated heterocycles. The quantitative estimate of drug-likeness (QED) is 0.831. The number of carbonyl (C=O) groups is 1. The second kappa shape index (κ2) is 6.20. The molecule has 2 aromatic heterocycles. The van der Waals surface area contributed by atoms with E-state index in [0.717, 1.165) is 50.4 Å². The third kappa shape index (κ3) is 2.85. The first-order valence-corrected chi connectivity index (χ1v) is 8.46. The number of rotatable bonds is 4. The van der Waals surface area contributed by atoms with Crippen LogP contribution in [0.2, 0.25) is 0 Å². The zero-order valence-corrected chi connectivity index (χ0v) is 13.5. The van der Waals surface area contributed by atoms with Crippen molar-refractivity contribution in [1.82, 2.24) is 15.3 Å². The zero-order chi connectivity index (χ0) is 16.5. The molecule has 2 aromatic rings. The Kier molecular flexibility index (Phi) is 3.90. The van der Waals surface area contributed by atoms with Crippen LogP contribution in [-0.2, 0) is 0 Å². The van der Waals surface area contributed by atoms with Crippen molar-refractivity contribution in [2.45, 2.75) is 18.8 Å². The number of carbonyl (C=O) groups excluding carboxylic acids is 1. The number of hydrogen-bond acceptors (Lipinski definition) is 6. The molecule has 0 aromatic carbocycles. The van der Waals surface area contributed by atoms with Crippen molar-refractivity contribution in [3.05, 3.63) is 47.3 Å². The van der Waals surface area contributed by atoms with Gasteiger partial charge in [-0.05, 0) is 42.5 Å². The number of nitrogen functional groups attached to an aromatic ring is 1. The molecule has 1 aliphatic heterocycles. The molecule has 0 spiro atoms. The van der Waals surface area contributed by atoms with Crippen LogP contribution in [-0.4, -0.2) is 41.9 Å². The van der Waals surface area contributed by atoms with Crippen LogP contribution in [0.1, 0.15) is 40.4 Å². The molecule has 0 bridgehead atoms. The van der Waals surface area contributed by atoms with E-state index in [1.807, 2.05) is 6.07 Å². The third-order valence-corrected chi connectivity index (χ3v) is 4.67. The van der Waals surface area contributed by atoms with Crippen LogP contribution in [0.5, 0.6) is 0 Å². The number of ketones is 1. The first-order chi connectivity index (χ1) is 11.7. The van der Waals surface area contributed by atoms with Crippen molar-refractivity contribution in [3.63, 3.8) is 0 Å². The van der Waals surface area contributed by atoms with Gasteiger partial charge in [0.15, 0.2) is 0 Å². The monoisotopic (exact) mass is 323 g/mol. The summed E-state index contributed by atoms with van der Waals surface area (Å²) in [7, 11) is 0. The lowest BCUT2D eigenvalue weighted by molar-refractivity contribution is 0.103. The molecule has 6 heteroatoms. The number of hydrogen-bond donors (Lipinski definition) is 2. The second-order valence-corrected chi connectivity index (χ2v) is 6.38. The van der Waals surface area contributed by atoms with Gasteiger partial charge in [-0.1, -0.05) is 6.07 Å². The number of pyridine rings is 2. The molecule has 24 heavy (non-hydrogen) atoms. The smallest absolute Gasteiger partial charge is 0.215 e. The summed E-state index contributed by atoms with van der Waals surface area (Å²) in [5.74, 6) is 1.45. The van der Waals surface area contributed by atoms with Gasteiger partial charge in [0.1, 0.15) is 17.3 Å². The van der Waals surface area contributed by atoms with Gasteiger partial charge in [-0.25, -0.2) is 9.97 Å². The molecular formula is C18H21N5O. The van der Waals surface area contributed by atoms with Gasteiger partial charge in [0, 0.05) is 32.4 Å². The highest BCUT2D eigenvalue weighted by Gasteiger charge is 2.30. The molecule has 6 nitrogen and oxygen atoms in total. The summed E-state index contributed by atoms with van der Waals surface area (Å²) >= 11 is 0. The van der Waals surface area contributed by atoms with Gasteiger partial charge in [0.05, 0.1) is 5.56 Å². The first-order valence-electron chi connectivity index (χ1n) is 8.46. The number of nitrogens with one attached hydrogen (secondary N) is 1. The van der Waals surface area contributed by atoms with E-state index in [-0.39, 0.29) is 11.6 Å². The Morgan fingerprint density at radius 3 is 2.71 bits per heavy atom. The van der Waals surface area contributed by atoms with Gasteiger partial charge in [-0.3, -0.25) is 4.79 Å². The van der Waals surface area contributed by atoms with E-state index in [4.69, 9.17) is 10.7 Å². The minimum atomic E-state index is -0.125. The molecule has 1 aliphatic carbocycles. The fourth-order valence-corrected chi connectivity index (χ4v) is 3.17. The summed E-state index contributed by atoms with van der Waals surface area (Å²) in [5, 5.41) is 3.33. The van der Waals surface area contributed by atoms with Crippen molar-refractivity contribution < 1.29 is 4.79 Å². The molecular weight excluding hydrogens is 302 g/mol. The van der Waals surface area contributed by atoms with E-state index in [2.05, 4.69) is 21.3 Å². The fraction of sp³-hybridized carbons (Fsp3) is 0.389. The lowest BCUT2D eigenvalue weighted by Gasteiger charge is -2.29. The second-order valence-electron chi connectivity index (χ2n) is 6.38. The minimum absolute atomic E-state index is 0.125. The molecule has 3 heterocycles. The van der Waals surface area contributed by atoms with Gasteiger partial charge in [-0.2, -0.15) is 0 Å². The molecule has 4 rings (SSSR count). The predicted octanol–water partition coefficient (Wildman–Crippen LogP) is 1.58. The summed E-state index contributed by atoms with van der Waals surface area (Å²) in [4.78, 5) is 24.0. The normalized spacial score (nSPS) is 17.8. The Balaban J connectivity index is 1.74. The maximum absolute atomic E-state index is 13.0. The Hall–Kier alpha value is -2.47. The summed E-state index contributed by atoms with van der Waals surface area (Å²) in [6, 6.07) is 7.57. The average Bonchev–Trinajstić information content (AvgIpc) is 3.47. The maximum atomic E-state index is 13.0. The van der Waals surface area contributed by atoms with Crippen molar-refractivity contribution in [3.8, 4) is 0 Å². The van der Waals surface area contributed by atoms with Gasteiger partial charge < -0.3 is 16.0 Å². The molecule has 3 N–H and O–H groups in total. The van der Waals surface area contributed by atoms with E-state index >= 15 is 0 Å². The molecule has 0 atom stereocenters. The van der Waals surface area contributed by atoms with Crippen LogP contribution >= 0.6 is 0 Å². The van der Waals surface area contributed by atoms with Crippen molar-refractivity contribution >= 4 is 17.4 Å². The number of aromatic nitrogens is 2. The van der Waals surface area contributed by atoms with Crippen LogP contribution in [0.3, 0.4) is 0 Å². The van der Waals surface area contributed by atoms with Crippen LogP contribution < -0.4 is 16.0 Å². The standard InChI is InChI=1S/C18H21N5O/c19-18-14(2-1-7-21-18)17(24)16-13(12-3-4-12)5-6-15(22-16)23-10-8-20-9-11-23/h1-2,5-7,12,20H,3-4,8-11H2,(H2,19,21). The molecule has 1 saturated carbocycles. The van der Waals surface area contributed by atoms with Crippen molar-refractivity contribution in [1.29, 1.82) is 0 Å². The third-order valence-electron chi connectivity index (χ3n) is 4.67. The van der Waals surface area contributed by atoms with E-state index in [9.17, 15) is 4.79 Å². The van der Waals surface area contributed by atoms with Crippen LogP contribution in [0.4, 0.5) is 11.6 Å². The largest absolute Gasteiger partial charge is 0.383 e. The SMILES string of the molecule is Nc1ncccc1C(=O)c1nc(N2CCNCC2)ccc1C1CC1. The molecule has 2 aliphatic rings. The van der Waals surface area contributed by atoms with Crippen LogP contribution in [0.25, 0.3) is 0 Å². The van der Waals surface area contributed by atoms with E-state index in [1.54, 1.807) is 18.3 Å². The number of nitrogens with zero attached hydrogens (tertiary/aromatic N) is 3. The highest BCUT2D eigenvalue weighted by molar-refractivity contribution is 6.11. The van der Waals surface area contributed by atoms with Gasteiger partial charge in [-0.15, -0.1) is 0 Å². The number of nitrogens with two attached hydrogens (primary N) is 1. The number of anilines is 2. The lowest BCUT2D eigenvalue weighted by Crippen LogP contribution is -2.44.